The Morgan fingerprint density at radius 1 is 1.05 bits per heavy atom. The fourth-order valence-electron chi connectivity index (χ4n) is 2.36. The zero-order chi connectivity index (χ0) is 16.5. The summed E-state index contributed by atoms with van der Waals surface area (Å²) in [7, 11) is 0. The molecule has 1 aromatic carbocycles. The van der Waals surface area contributed by atoms with Crippen LogP contribution in [0.15, 0.2) is 40.1 Å². The summed E-state index contributed by atoms with van der Waals surface area (Å²) in [5.41, 5.74) is 1.01. The van der Waals surface area contributed by atoms with Crippen LogP contribution < -0.4 is 11.2 Å². The molecule has 0 saturated carbocycles. The van der Waals surface area contributed by atoms with E-state index in [1.54, 1.807) is 12.1 Å². The number of rotatable bonds is 3. The lowest BCUT2D eigenvalue weighted by molar-refractivity contribution is -0.141. The summed E-state index contributed by atoms with van der Waals surface area (Å²) in [4.78, 5) is 23.9. The monoisotopic (exact) mass is 312 g/mol. The molecule has 0 aliphatic rings. The molecule has 1 heterocycles. The minimum atomic E-state index is -4.52. The van der Waals surface area contributed by atoms with Gasteiger partial charge in [0.25, 0.3) is 5.56 Å². The third-order valence-corrected chi connectivity index (χ3v) is 3.11. The summed E-state index contributed by atoms with van der Waals surface area (Å²) in [6.45, 7) is 2.26. The van der Waals surface area contributed by atoms with Crippen molar-refractivity contribution in [3.05, 3.63) is 68.0 Å². The Balaban J connectivity index is 2.44. The van der Waals surface area contributed by atoms with Crippen LogP contribution in [0.3, 0.4) is 0 Å². The molecule has 7 heteroatoms. The molecule has 0 aliphatic carbocycles. The van der Waals surface area contributed by atoms with Crippen LogP contribution in [0.1, 0.15) is 16.7 Å². The van der Waals surface area contributed by atoms with Gasteiger partial charge < -0.3 is 0 Å². The van der Waals surface area contributed by atoms with Gasteiger partial charge in [0.2, 0.25) is 0 Å². The number of aromatic nitrogens is 2. The molecular formula is C15H15F3N2O2. The van der Waals surface area contributed by atoms with E-state index in [4.69, 9.17) is 0 Å². The van der Waals surface area contributed by atoms with Gasteiger partial charge in [0, 0.05) is 12.3 Å². The molecule has 118 valence electrons. The quantitative estimate of drug-likeness (QED) is 0.872. The molecule has 22 heavy (non-hydrogen) atoms. The van der Waals surface area contributed by atoms with Gasteiger partial charge in [0.15, 0.2) is 0 Å². The Morgan fingerprint density at radius 2 is 1.64 bits per heavy atom. The van der Waals surface area contributed by atoms with Crippen LogP contribution in [0, 0.1) is 13.8 Å². The standard InChI is InChI=1S/C15H15F3N2O2/c1-10-5-11(2)7-12(6-10)8-20-13(21)3-4-19(14(20)22)9-15(16,17)18/h3-7H,8-9H2,1-2H3. The Kier molecular flexibility index (Phi) is 4.25. The minimum Gasteiger partial charge on any atom is -0.291 e. The molecule has 0 saturated heterocycles. The molecule has 0 atom stereocenters. The second kappa shape index (κ2) is 5.82. The smallest absolute Gasteiger partial charge is 0.291 e. The highest BCUT2D eigenvalue weighted by molar-refractivity contribution is 5.28. The van der Waals surface area contributed by atoms with Crippen molar-refractivity contribution in [1.29, 1.82) is 0 Å². The van der Waals surface area contributed by atoms with Gasteiger partial charge in [-0.25, -0.2) is 4.79 Å². The largest absolute Gasteiger partial charge is 0.406 e. The van der Waals surface area contributed by atoms with E-state index < -0.39 is 24.0 Å². The molecule has 1 aromatic heterocycles. The molecule has 2 aromatic rings. The number of hydrogen-bond acceptors (Lipinski definition) is 2. The Labute approximate surface area is 124 Å². The maximum Gasteiger partial charge on any atom is 0.406 e. The highest BCUT2D eigenvalue weighted by Crippen LogP contribution is 2.16. The third-order valence-electron chi connectivity index (χ3n) is 3.11. The number of nitrogens with zero attached hydrogens (tertiary/aromatic N) is 2. The van der Waals surface area contributed by atoms with E-state index in [0.717, 1.165) is 28.0 Å². The van der Waals surface area contributed by atoms with Crippen LogP contribution in [0.25, 0.3) is 0 Å². The van der Waals surface area contributed by atoms with Crippen molar-refractivity contribution in [2.45, 2.75) is 33.1 Å². The van der Waals surface area contributed by atoms with E-state index in [1.807, 2.05) is 19.9 Å². The highest BCUT2D eigenvalue weighted by atomic mass is 19.4. The summed E-state index contributed by atoms with van der Waals surface area (Å²) >= 11 is 0. The maximum absolute atomic E-state index is 12.4. The third kappa shape index (κ3) is 3.87. The van der Waals surface area contributed by atoms with Crippen LogP contribution in [-0.2, 0) is 13.1 Å². The first kappa shape index (κ1) is 16.1. The summed E-state index contributed by atoms with van der Waals surface area (Å²) in [5.74, 6) is 0. The van der Waals surface area contributed by atoms with E-state index in [2.05, 4.69) is 0 Å². The van der Waals surface area contributed by atoms with Crippen molar-refractivity contribution in [2.24, 2.45) is 0 Å². The zero-order valence-corrected chi connectivity index (χ0v) is 12.1. The highest BCUT2D eigenvalue weighted by Gasteiger charge is 2.28. The fourth-order valence-corrected chi connectivity index (χ4v) is 2.36. The van der Waals surface area contributed by atoms with Crippen molar-refractivity contribution in [3.8, 4) is 0 Å². The second-order valence-electron chi connectivity index (χ2n) is 5.26. The van der Waals surface area contributed by atoms with Crippen LogP contribution in [-0.4, -0.2) is 15.3 Å². The molecule has 0 radical (unpaired) electrons. The molecule has 0 amide bonds. The molecule has 4 nitrogen and oxygen atoms in total. The molecule has 0 bridgehead atoms. The second-order valence-corrected chi connectivity index (χ2v) is 5.26. The Morgan fingerprint density at radius 3 is 2.18 bits per heavy atom. The predicted molar refractivity (Wildman–Crippen MR) is 76.0 cm³/mol. The van der Waals surface area contributed by atoms with Gasteiger partial charge in [-0.3, -0.25) is 13.9 Å². The zero-order valence-electron chi connectivity index (χ0n) is 12.1. The molecular weight excluding hydrogens is 297 g/mol. The summed E-state index contributed by atoms with van der Waals surface area (Å²) in [6, 6.07) is 6.48. The van der Waals surface area contributed by atoms with Crippen LogP contribution in [0.5, 0.6) is 0 Å². The number of hydrogen-bond donors (Lipinski definition) is 0. The van der Waals surface area contributed by atoms with Gasteiger partial charge in [-0.2, -0.15) is 13.2 Å². The summed E-state index contributed by atoms with van der Waals surface area (Å²) in [5, 5.41) is 0. The van der Waals surface area contributed by atoms with Gasteiger partial charge in [-0.1, -0.05) is 29.3 Å². The predicted octanol–water partition coefficient (Wildman–Crippen LogP) is 2.24. The van der Waals surface area contributed by atoms with Crippen molar-refractivity contribution < 1.29 is 13.2 Å². The first-order chi connectivity index (χ1) is 10.2. The van der Waals surface area contributed by atoms with E-state index in [0.29, 0.717) is 10.1 Å². The van der Waals surface area contributed by atoms with Gasteiger partial charge in [0.1, 0.15) is 6.54 Å². The lowest BCUT2D eigenvalue weighted by Crippen LogP contribution is -2.41. The summed E-state index contributed by atoms with van der Waals surface area (Å²) in [6.07, 6.45) is -3.65. The number of benzene rings is 1. The first-order valence-electron chi connectivity index (χ1n) is 6.60. The van der Waals surface area contributed by atoms with E-state index in [1.165, 1.54) is 0 Å². The number of alkyl halides is 3. The average Bonchev–Trinajstić information content (AvgIpc) is 2.35. The van der Waals surface area contributed by atoms with Crippen molar-refractivity contribution >= 4 is 0 Å². The Bertz CT molecular complexity index is 783. The van der Waals surface area contributed by atoms with E-state index in [-0.39, 0.29) is 6.54 Å². The van der Waals surface area contributed by atoms with Gasteiger partial charge in [0.05, 0.1) is 6.54 Å². The first-order valence-corrected chi connectivity index (χ1v) is 6.60. The van der Waals surface area contributed by atoms with Gasteiger partial charge in [-0.05, 0) is 19.4 Å². The minimum absolute atomic E-state index is 0.0567. The van der Waals surface area contributed by atoms with Crippen LogP contribution in [0.2, 0.25) is 0 Å². The molecule has 0 unspecified atom stereocenters. The van der Waals surface area contributed by atoms with Gasteiger partial charge >= 0.3 is 11.9 Å². The topological polar surface area (TPSA) is 44.0 Å². The van der Waals surface area contributed by atoms with E-state index >= 15 is 0 Å². The molecule has 0 spiro atoms. The molecule has 0 N–H and O–H groups in total. The lowest BCUT2D eigenvalue weighted by Gasteiger charge is -2.12. The molecule has 0 fully saturated rings. The molecule has 2 rings (SSSR count). The van der Waals surface area contributed by atoms with Crippen molar-refractivity contribution in [3.63, 3.8) is 0 Å². The van der Waals surface area contributed by atoms with Crippen LogP contribution >= 0.6 is 0 Å². The SMILES string of the molecule is Cc1cc(C)cc(Cn2c(=O)ccn(CC(F)(F)F)c2=O)c1. The average molecular weight is 312 g/mol. The Hall–Kier alpha value is -2.31. The van der Waals surface area contributed by atoms with Crippen LogP contribution in [0.4, 0.5) is 13.2 Å². The van der Waals surface area contributed by atoms with Crippen molar-refractivity contribution in [2.75, 3.05) is 0 Å². The normalized spacial score (nSPS) is 11.7. The fraction of sp³-hybridized carbons (Fsp3) is 0.333. The lowest BCUT2D eigenvalue weighted by atomic mass is 10.1. The van der Waals surface area contributed by atoms with Crippen molar-refractivity contribution in [1.82, 2.24) is 9.13 Å². The number of halogens is 3. The van der Waals surface area contributed by atoms with Gasteiger partial charge in [-0.15, -0.1) is 0 Å². The molecule has 0 aliphatic heterocycles. The summed E-state index contributed by atoms with van der Waals surface area (Å²) < 4.78 is 38.6. The maximum atomic E-state index is 12.4. The number of aryl methyl sites for hydroxylation is 2. The van der Waals surface area contributed by atoms with E-state index in [9.17, 15) is 22.8 Å².